The molecule has 2 aromatic rings. The van der Waals surface area contributed by atoms with Crippen molar-refractivity contribution in [2.75, 3.05) is 0 Å². The Kier molecular flexibility index (Phi) is 4.93. The lowest BCUT2D eigenvalue weighted by Gasteiger charge is -2.19. The second-order valence-electron chi connectivity index (χ2n) is 4.11. The van der Waals surface area contributed by atoms with Gasteiger partial charge in [0.05, 0.1) is 22.4 Å². The van der Waals surface area contributed by atoms with Gasteiger partial charge in [0.25, 0.3) is 0 Å². The Morgan fingerprint density at radius 2 is 2.37 bits per heavy atom. The number of hydrogen-bond acceptors (Lipinski definition) is 4. The predicted molar refractivity (Wildman–Crippen MR) is 78.6 cm³/mol. The van der Waals surface area contributed by atoms with Crippen LogP contribution < -0.4 is 11.3 Å². The predicted octanol–water partition coefficient (Wildman–Crippen LogP) is 2.66. The molecule has 0 aliphatic heterocycles. The van der Waals surface area contributed by atoms with Crippen LogP contribution in [0.1, 0.15) is 30.6 Å². The Hall–Kier alpha value is -0.950. The number of halogens is 2. The molecule has 2 heterocycles. The van der Waals surface area contributed by atoms with Crippen molar-refractivity contribution in [3.05, 3.63) is 45.4 Å². The molecule has 0 fully saturated rings. The molecule has 0 amide bonds. The van der Waals surface area contributed by atoms with Crippen LogP contribution in [-0.4, -0.2) is 14.8 Å². The number of rotatable bonds is 5. The van der Waals surface area contributed by atoms with E-state index in [1.54, 1.807) is 18.5 Å². The fraction of sp³-hybridized carbons (Fsp3) is 0.333. The molecule has 102 valence electrons. The number of hydrazine groups is 1. The highest BCUT2D eigenvalue weighted by atomic mass is 79.9. The van der Waals surface area contributed by atoms with E-state index in [1.807, 2.05) is 10.7 Å². The SMILES string of the molecule is CCCn1ncc(Br)c1C(NN)c1ccnc(Cl)c1. The van der Waals surface area contributed by atoms with E-state index in [2.05, 4.69) is 38.4 Å². The number of hydrogen-bond donors (Lipinski definition) is 2. The molecule has 5 nitrogen and oxygen atoms in total. The minimum absolute atomic E-state index is 0.191. The van der Waals surface area contributed by atoms with E-state index < -0.39 is 0 Å². The summed E-state index contributed by atoms with van der Waals surface area (Å²) in [6.07, 6.45) is 4.43. The molecule has 7 heteroatoms. The lowest BCUT2D eigenvalue weighted by molar-refractivity contribution is 0.519. The Labute approximate surface area is 125 Å². The van der Waals surface area contributed by atoms with Crippen molar-refractivity contribution in [3.8, 4) is 0 Å². The van der Waals surface area contributed by atoms with Crippen molar-refractivity contribution in [1.82, 2.24) is 20.2 Å². The molecule has 19 heavy (non-hydrogen) atoms. The lowest BCUT2D eigenvalue weighted by atomic mass is 10.1. The smallest absolute Gasteiger partial charge is 0.129 e. The molecule has 0 aliphatic rings. The first kappa shape index (κ1) is 14.5. The van der Waals surface area contributed by atoms with Crippen LogP contribution in [0.25, 0.3) is 0 Å². The summed E-state index contributed by atoms with van der Waals surface area (Å²) in [6, 6.07) is 3.48. The summed E-state index contributed by atoms with van der Waals surface area (Å²) in [4.78, 5) is 3.98. The third kappa shape index (κ3) is 3.14. The summed E-state index contributed by atoms with van der Waals surface area (Å²) in [6.45, 7) is 2.94. The Bertz CT molecular complexity index is 557. The summed E-state index contributed by atoms with van der Waals surface area (Å²) < 4.78 is 2.85. The Morgan fingerprint density at radius 3 is 3.00 bits per heavy atom. The van der Waals surface area contributed by atoms with E-state index in [0.717, 1.165) is 28.7 Å². The first-order valence-electron chi connectivity index (χ1n) is 5.96. The molecule has 0 spiro atoms. The highest BCUT2D eigenvalue weighted by Crippen LogP contribution is 2.28. The fourth-order valence-electron chi connectivity index (χ4n) is 1.98. The number of aromatic nitrogens is 3. The zero-order chi connectivity index (χ0) is 13.8. The molecule has 0 aliphatic carbocycles. The lowest BCUT2D eigenvalue weighted by Crippen LogP contribution is -2.31. The van der Waals surface area contributed by atoms with E-state index in [0.29, 0.717) is 5.15 Å². The number of nitrogens with one attached hydrogen (secondary N) is 1. The molecule has 3 N–H and O–H groups in total. The van der Waals surface area contributed by atoms with E-state index in [1.165, 1.54) is 0 Å². The molecule has 0 bridgehead atoms. The number of nitrogens with zero attached hydrogens (tertiary/aromatic N) is 3. The first-order chi connectivity index (χ1) is 9.17. The molecule has 2 aromatic heterocycles. The van der Waals surface area contributed by atoms with E-state index in [-0.39, 0.29) is 6.04 Å². The van der Waals surface area contributed by atoms with Gasteiger partial charge in [-0.05, 0) is 40.0 Å². The largest absolute Gasteiger partial charge is 0.271 e. The van der Waals surface area contributed by atoms with Gasteiger partial charge in [0, 0.05) is 12.7 Å². The third-order valence-corrected chi connectivity index (χ3v) is 3.61. The van der Waals surface area contributed by atoms with Crippen LogP contribution >= 0.6 is 27.5 Å². The van der Waals surface area contributed by atoms with Gasteiger partial charge in [-0.2, -0.15) is 5.10 Å². The van der Waals surface area contributed by atoms with Crippen LogP contribution in [0.4, 0.5) is 0 Å². The fourth-order valence-corrected chi connectivity index (χ4v) is 2.69. The van der Waals surface area contributed by atoms with E-state index in [4.69, 9.17) is 17.4 Å². The minimum Gasteiger partial charge on any atom is -0.271 e. The van der Waals surface area contributed by atoms with Crippen molar-refractivity contribution < 1.29 is 0 Å². The summed E-state index contributed by atoms with van der Waals surface area (Å²) in [5, 5.41) is 4.79. The standard InChI is InChI=1S/C12H15BrClN5/c1-2-5-19-12(9(13)7-17-19)11(18-15)8-3-4-16-10(14)6-8/h3-4,6-7,11,18H,2,5,15H2,1H3. The molecule has 0 saturated heterocycles. The highest BCUT2D eigenvalue weighted by Gasteiger charge is 2.21. The minimum atomic E-state index is -0.191. The van der Waals surface area contributed by atoms with Gasteiger partial charge >= 0.3 is 0 Å². The second-order valence-corrected chi connectivity index (χ2v) is 5.35. The Balaban J connectivity index is 2.44. The van der Waals surface area contributed by atoms with Gasteiger partial charge < -0.3 is 0 Å². The zero-order valence-corrected chi connectivity index (χ0v) is 12.8. The van der Waals surface area contributed by atoms with Crippen LogP contribution in [0.3, 0.4) is 0 Å². The van der Waals surface area contributed by atoms with Crippen molar-refractivity contribution >= 4 is 27.5 Å². The van der Waals surface area contributed by atoms with E-state index in [9.17, 15) is 0 Å². The number of aryl methyl sites for hydroxylation is 1. The molecule has 0 aromatic carbocycles. The topological polar surface area (TPSA) is 68.8 Å². The van der Waals surface area contributed by atoms with Gasteiger partial charge in [0.1, 0.15) is 5.15 Å². The van der Waals surface area contributed by atoms with Crippen LogP contribution in [-0.2, 0) is 6.54 Å². The van der Waals surface area contributed by atoms with Gasteiger partial charge in [-0.25, -0.2) is 10.4 Å². The first-order valence-corrected chi connectivity index (χ1v) is 7.13. The normalized spacial score (nSPS) is 12.6. The van der Waals surface area contributed by atoms with Gasteiger partial charge in [-0.1, -0.05) is 18.5 Å². The average molecular weight is 345 g/mol. The maximum Gasteiger partial charge on any atom is 0.129 e. The molecular formula is C12H15BrClN5. The van der Waals surface area contributed by atoms with Crippen LogP contribution in [0.2, 0.25) is 5.15 Å². The third-order valence-electron chi connectivity index (χ3n) is 2.79. The molecular weight excluding hydrogens is 330 g/mol. The zero-order valence-electron chi connectivity index (χ0n) is 10.5. The molecule has 0 radical (unpaired) electrons. The molecule has 1 unspecified atom stereocenters. The maximum absolute atomic E-state index is 5.93. The van der Waals surface area contributed by atoms with Gasteiger partial charge in [-0.3, -0.25) is 10.5 Å². The monoisotopic (exact) mass is 343 g/mol. The van der Waals surface area contributed by atoms with Crippen LogP contribution in [0, 0.1) is 0 Å². The van der Waals surface area contributed by atoms with Gasteiger partial charge in [0.15, 0.2) is 0 Å². The summed E-state index contributed by atoms with van der Waals surface area (Å²) in [5.74, 6) is 5.70. The summed E-state index contributed by atoms with van der Waals surface area (Å²) in [7, 11) is 0. The second kappa shape index (κ2) is 6.47. The summed E-state index contributed by atoms with van der Waals surface area (Å²) in [5.41, 5.74) is 4.73. The van der Waals surface area contributed by atoms with Crippen molar-refractivity contribution in [2.24, 2.45) is 5.84 Å². The number of nitrogens with two attached hydrogens (primary N) is 1. The molecule has 0 saturated carbocycles. The number of pyridine rings is 1. The van der Waals surface area contributed by atoms with Gasteiger partial charge in [-0.15, -0.1) is 0 Å². The van der Waals surface area contributed by atoms with Crippen molar-refractivity contribution in [3.63, 3.8) is 0 Å². The van der Waals surface area contributed by atoms with Crippen molar-refractivity contribution in [2.45, 2.75) is 25.9 Å². The average Bonchev–Trinajstić information content (AvgIpc) is 2.74. The Morgan fingerprint density at radius 1 is 1.58 bits per heavy atom. The van der Waals surface area contributed by atoms with Gasteiger partial charge in [0.2, 0.25) is 0 Å². The molecule has 2 rings (SSSR count). The van der Waals surface area contributed by atoms with Crippen molar-refractivity contribution in [1.29, 1.82) is 0 Å². The quantitative estimate of drug-likeness (QED) is 0.497. The van der Waals surface area contributed by atoms with Crippen LogP contribution in [0.15, 0.2) is 29.0 Å². The van der Waals surface area contributed by atoms with Crippen LogP contribution in [0.5, 0.6) is 0 Å². The maximum atomic E-state index is 5.93. The summed E-state index contributed by atoms with van der Waals surface area (Å²) >= 11 is 9.45. The van der Waals surface area contributed by atoms with E-state index >= 15 is 0 Å². The highest BCUT2D eigenvalue weighted by molar-refractivity contribution is 9.10. The molecule has 1 atom stereocenters.